The van der Waals surface area contributed by atoms with Gasteiger partial charge in [0.05, 0.1) is 11.6 Å². The standard InChI is InChI=1S/C17H16FN3/c18-15-6-3-12(4-7-15)10-17(21-19)14-5-8-16-13(11-14)2-1-9-20-16/h1-9,11,17,21H,10,19H2. The molecule has 1 unspecified atom stereocenters. The quantitative estimate of drug-likeness (QED) is 0.570. The van der Waals surface area contributed by atoms with Crippen LogP contribution in [0.15, 0.2) is 60.8 Å². The van der Waals surface area contributed by atoms with Gasteiger partial charge in [-0.2, -0.15) is 0 Å². The monoisotopic (exact) mass is 281 g/mol. The summed E-state index contributed by atoms with van der Waals surface area (Å²) >= 11 is 0. The van der Waals surface area contributed by atoms with Crippen molar-refractivity contribution in [3.63, 3.8) is 0 Å². The van der Waals surface area contributed by atoms with Crippen LogP contribution in [0, 0.1) is 5.82 Å². The molecule has 0 bridgehead atoms. The van der Waals surface area contributed by atoms with Crippen molar-refractivity contribution in [2.75, 3.05) is 0 Å². The Labute approximate surface area is 122 Å². The van der Waals surface area contributed by atoms with E-state index in [1.807, 2.05) is 24.3 Å². The maximum absolute atomic E-state index is 13.0. The summed E-state index contributed by atoms with van der Waals surface area (Å²) in [6.07, 6.45) is 2.47. The van der Waals surface area contributed by atoms with Crippen LogP contribution >= 0.6 is 0 Å². The number of aromatic nitrogens is 1. The Morgan fingerprint density at radius 1 is 1.10 bits per heavy atom. The molecule has 1 aromatic heterocycles. The van der Waals surface area contributed by atoms with Crippen LogP contribution in [0.25, 0.3) is 10.9 Å². The van der Waals surface area contributed by atoms with Gasteiger partial charge in [0.15, 0.2) is 0 Å². The van der Waals surface area contributed by atoms with Crippen LogP contribution in [-0.4, -0.2) is 4.98 Å². The zero-order valence-corrected chi connectivity index (χ0v) is 11.5. The van der Waals surface area contributed by atoms with E-state index in [0.717, 1.165) is 22.0 Å². The molecular formula is C17H16FN3. The van der Waals surface area contributed by atoms with Crippen LogP contribution in [-0.2, 0) is 6.42 Å². The first-order valence-electron chi connectivity index (χ1n) is 6.81. The maximum atomic E-state index is 13.0. The highest BCUT2D eigenvalue weighted by atomic mass is 19.1. The van der Waals surface area contributed by atoms with E-state index in [4.69, 9.17) is 5.84 Å². The molecule has 0 aliphatic rings. The molecular weight excluding hydrogens is 265 g/mol. The van der Waals surface area contributed by atoms with Gasteiger partial charge < -0.3 is 0 Å². The van der Waals surface area contributed by atoms with E-state index < -0.39 is 0 Å². The van der Waals surface area contributed by atoms with Crippen LogP contribution < -0.4 is 11.3 Å². The predicted molar refractivity (Wildman–Crippen MR) is 81.9 cm³/mol. The highest BCUT2D eigenvalue weighted by molar-refractivity contribution is 5.79. The van der Waals surface area contributed by atoms with Gasteiger partial charge in [0, 0.05) is 11.6 Å². The van der Waals surface area contributed by atoms with Crippen molar-refractivity contribution in [2.45, 2.75) is 12.5 Å². The molecule has 1 atom stereocenters. The summed E-state index contributed by atoms with van der Waals surface area (Å²) in [5, 5.41) is 1.08. The molecule has 4 heteroatoms. The number of hydrogen-bond acceptors (Lipinski definition) is 3. The molecule has 0 saturated heterocycles. The van der Waals surface area contributed by atoms with Crippen LogP contribution in [0.2, 0.25) is 0 Å². The molecule has 3 aromatic rings. The summed E-state index contributed by atoms with van der Waals surface area (Å²) < 4.78 is 13.0. The van der Waals surface area contributed by atoms with Crippen molar-refractivity contribution in [3.05, 3.63) is 77.7 Å². The number of rotatable bonds is 4. The number of hydrogen-bond donors (Lipinski definition) is 2. The van der Waals surface area contributed by atoms with Crippen molar-refractivity contribution >= 4 is 10.9 Å². The first kappa shape index (κ1) is 13.7. The Balaban J connectivity index is 1.88. The smallest absolute Gasteiger partial charge is 0.123 e. The predicted octanol–water partition coefficient (Wildman–Crippen LogP) is 3.12. The highest BCUT2D eigenvalue weighted by Crippen LogP contribution is 2.22. The van der Waals surface area contributed by atoms with Crippen LogP contribution in [0.4, 0.5) is 4.39 Å². The number of nitrogens with two attached hydrogens (primary N) is 1. The Morgan fingerprint density at radius 3 is 2.67 bits per heavy atom. The van der Waals surface area contributed by atoms with Gasteiger partial charge >= 0.3 is 0 Å². The zero-order valence-electron chi connectivity index (χ0n) is 11.5. The number of fused-ring (bicyclic) bond motifs is 1. The number of hydrazine groups is 1. The summed E-state index contributed by atoms with van der Waals surface area (Å²) in [6, 6.07) is 16.5. The highest BCUT2D eigenvalue weighted by Gasteiger charge is 2.11. The molecule has 0 radical (unpaired) electrons. The second kappa shape index (κ2) is 5.99. The number of nitrogens with zero attached hydrogens (tertiary/aromatic N) is 1. The van der Waals surface area contributed by atoms with Gasteiger partial charge in [0.2, 0.25) is 0 Å². The molecule has 3 rings (SSSR count). The summed E-state index contributed by atoms with van der Waals surface area (Å²) in [5.41, 5.74) is 5.91. The SMILES string of the molecule is NNC(Cc1ccc(F)cc1)c1ccc2ncccc2c1. The molecule has 0 fully saturated rings. The fraction of sp³-hybridized carbons (Fsp3) is 0.118. The lowest BCUT2D eigenvalue weighted by molar-refractivity contribution is 0.551. The summed E-state index contributed by atoms with van der Waals surface area (Å²) in [7, 11) is 0. The van der Waals surface area contributed by atoms with Crippen LogP contribution in [0.1, 0.15) is 17.2 Å². The maximum Gasteiger partial charge on any atom is 0.123 e. The van der Waals surface area contributed by atoms with Gasteiger partial charge in [-0.1, -0.05) is 24.3 Å². The van der Waals surface area contributed by atoms with E-state index in [1.54, 1.807) is 18.3 Å². The first-order chi connectivity index (χ1) is 10.3. The summed E-state index contributed by atoms with van der Waals surface area (Å²) in [4.78, 5) is 4.31. The number of halogens is 1. The van der Waals surface area contributed by atoms with E-state index in [0.29, 0.717) is 6.42 Å². The van der Waals surface area contributed by atoms with E-state index in [1.165, 1.54) is 12.1 Å². The lowest BCUT2D eigenvalue weighted by Crippen LogP contribution is -2.29. The van der Waals surface area contributed by atoms with Gasteiger partial charge in [0.1, 0.15) is 5.82 Å². The van der Waals surface area contributed by atoms with E-state index in [9.17, 15) is 4.39 Å². The third-order valence-electron chi connectivity index (χ3n) is 3.58. The third kappa shape index (κ3) is 3.07. The zero-order chi connectivity index (χ0) is 14.7. The molecule has 0 aliphatic heterocycles. The molecule has 0 saturated carbocycles. The Morgan fingerprint density at radius 2 is 1.90 bits per heavy atom. The number of nitrogens with one attached hydrogen (secondary N) is 1. The lowest BCUT2D eigenvalue weighted by atomic mass is 9.98. The average molecular weight is 281 g/mol. The molecule has 0 amide bonds. The molecule has 106 valence electrons. The fourth-order valence-corrected chi connectivity index (χ4v) is 2.44. The Bertz CT molecular complexity index is 740. The number of benzene rings is 2. The van der Waals surface area contributed by atoms with Crippen molar-refractivity contribution in [3.8, 4) is 0 Å². The molecule has 0 aliphatic carbocycles. The molecule has 3 nitrogen and oxygen atoms in total. The molecule has 21 heavy (non-hydrogen) atoms. The van der Waals surface area contributed by atoms with E-state index in [2.05, 4.69) is 16.5 Å². The lowest BCUT2D eigenvalue weighted by Gasteiger charge is -2.17. The van der Waals surface area contributed by atoms with E-state index in [-0.39, 0.29) is 11.9 Å². The van der Waals surface area contributed by atoms with Gasteiger partial charge in [-0.25, -0.2) is 4.39 Å². The van der Waals surface area contributed by atoms with E-state index >= 15 is 0 Å². The summed E-state index contributed by atoms with van der Waals surface area (Å²) in [6.45, 7) is 0. The van der Waals surface area contributed by atoms with Crippen molar-refractivity contribution in [1.29, 1.82) is 0 Å². The minimum Gasteiger partial charge on any atom is -0.271 e. The molecule has 1 heterocycles. The van der Waals surface area contributed by atoms with Gasteiger partial charge in [-0.15, -0.1) is 0 Å². The Hall–Kier alpha value is -2.30. The van der Waals surface area contributed by atoms with Gasteiger partial charge in [-0.05, 0) is 47.9 Å². The average Bonchev–Trinajstić information content (AvgIpc) is 2.54. The molecule has 2 aromatic carbocycles. The van der Waals surface area contributed by atoms with Crippen molar-refractivity contribution in [1.82, 2.24) is 10.4 Å². The van der Waals surface area contributed by atoms with Crippen molar-refractivity contribution in [2.24, 2.45) is 5.84 Å². The van der Waals surface area contributed by atoms with Crippen molar-refractivity contribution < 1.29 is 4.39 Å². The van der Waals surface area contributed by atoms with Gasteiger partial charge in [-0.3, -0.25) is 16.3 Å². The number of pyridine rings is 1. The third-order valence-corrected chi connectivity index (χ3v) is 3.58. The van der Waals surface area contributed by atoms with Crippen LogP contribution in [0.5, 0.6) is 0 Å². The second-order valence-corrected chi connectivity index (χ2v) is 5.01. The fourth-order valence-electron chi connectivity index (χ4n) is 2.44. The normalized spacial score (nSPS) is 12.5. The van der Waals surface area contributed by atoms with Crippen LogP contribution in [0.3, 0.4) is 0 Å². The van der Waals surface area contributed by atoms with Gasteiger partial charge in [0.25, 0.3) is 0 Å². The molecule has 0 spiro atoms. The first-order valence-corrected chi connectivity index (χ1v) is 6.81. The minimum absolute atomic E-state index is 0.0277. The summed E-state index contributed by atoms with van der Waals surface area (Å²) in [5.74, 6) is 5.46. The molecule has 3 N–H and O–H groups in total. The topological polar surface area (TPSA) is 50.9 Å². The second-order valence-electron chi connectivity index (χ2n) is 5.01. The minimum atomic E-state index is -0.229. The largest absolute Gasteiger partial charge is 0.271 e. The Kier molecular flexibility index (Phi) is 3.90.